The van der Waals surface area contributed by atoms with Gasteiger partial charge in [-0.05, 0) is 73.5 Å². The summed E-state index contributed by atoms with van der Waals surface area (Å²) in [5.74, 6) is -0.207. The number of rotatable bonds is 5. The van der Waals surface area contributed by atoms with Gasteiger partial charge in [-0.25, -0.2) is 4.39 Å². The van der Waals surface area contributed by atoms with Crippen LogP contribution in [0, 0.1) is 11.7 Å². The summed E-state index contributed by atoms with van der Waals surface area (Å²) in [6.07, 6.45) is 3.48. The molecule has 1 N–H and O–H groups in total. The fourth-order valence-corrected chi connectivity index (χ4v) is 3.76. The van der Waals surface area contributed by atoms with E-state index >= 15 is 0 Å². The minimum absolute atomic E-state index is 0.00723. The van der Waals surface area contributed by atoms with E-state index in [-0.39, 0.29) is 17.6 Å². The second-order valence-corrected chi connectivity index (χ2v) is 7.45. The standard InChI is InChI=1S/C24H24FN3O/c25-21-7-3-5-19(15-21)20-6-4-9-22(16-20)27-24(29)18-10-13-28(14-11-18)17-23-8-1-2-12-26-23/h1-9,12,15-16,18H,10-11,13-14,17H2,(H,27,29). The van der Waals surface area contributed by atoms with Gasteiger partial charge in [0.05, 0.1) is 5.69 Å². The fraction of sp³-hybridized carbons (Fsp3) is 0.250. The molecule has 0 unspecified atom stereocenters. The molecule has 1 saturated heterocycles. The van der Waals surface area contributed by atoms with E-state index in [9.17, 15) is 9.18 Å². The van der Waals surface area contributed by atoms with E-state index in [2.05, 4.69) is 15.2 Å². The van der Waals surface area contributed by atoms with E-state index < -0.39 is 0 Å². The Morgan fingerprint density at radius 2 is 1.76 bits per heavy atom. The summed E-state index contributed by atoms with van der Waals surface area (Å²) < 4.78 is 13.5. The minimum Gasteiger partial charge on any atom is -0.326 e. The van der Waals surface area contributed by atoms with Crippen molar-refractivity contribution in [2.45, 2.75) is 19.4 Å². The SMILES string of the molecule is O=C(Nc1cccc(-c2cccc(F)c2)c1)C1CCN(Cc2ccccn2)CC1. The molecule has 0 saturated carbocycles. The monoisotopic (exact) mass is 389 g/mol. The van der Waals surface area contributed by atoms with Crippen LogP contribution in [-0.4, -0.2) is 28.9 Å². The normalized spacial score (nSPS) is 15.2. The average molecular weight is 389 g/mol. The highest BCUT2D eigenvalue weighted by atomic mass is 19.1. The van der Waals surface area contributed by atoms with E-state index in [1.165, 1.54) is 12.1 Å². The summed E-state index contributed by atoms with van der Waals surface area (Å²) in [7, 11) is 0. The number of piperidine rings is 1. The number of anilines is 1. The van der Waals surface area contributed by atoms with Crippen molar-refractivity contribution >= 4 is 11.6 Å². The van der Waals surface area contributed by atoms with Crippen molar-refractivity contribution in [1.29, 1.82) is 0 Å². The van der Waals surface area contributed by atoms with Crippen molar-refractivity contribution in [1.82, 2.24) is 9.88 Å². The van der Waals surface area contributed by atoms with Gasteiger partial charge in [-0.3, -0.25) is 14.7 Å². The molecule has 0 radical (unpaired) electrons. The molecular formula is C24H24FN3O. The molecule has 29 heavy (non-hydrogen) atoms. The smallest absolute Gasteiger partial charge is 0.227 e. The van der Waals surface area contributed by atoms with Gasteiger partial charge in [-0.15, -0.1) is 0 Å². The number of amides is 1. The Morgan fingerprint density at radius 1 is 1.00 bits per heavy atom. The first-order valence-corrected chi connectivity index (χ1v) is 9.96. The molecule has 2 heterocycles. The van der Waals surface area contributed by atoms with Crippen LogP contribution in [0.15, 0.2) is 72.9 Å². The molecule has 1 aliphatic heterocycles. The van der Waals surface area contributed by atoms with Gasteiger partial charge >= 0.3 is 0 Å². The number of halogens is 1. The third kappa shape index (κ3) is 5.06. The maximum Gasteiger partial charge on any atom is 0.227 e. The Kier molecular flexibility index (Phi) is 5.96. The molecule has 0 aliphatic carbocycles. The molecule has 1 aromatic heterocycles. The lowest BCUT2D eigenvalue weighted by Crippen LogP contribution is -2.37. The topological polar surface area (TPSA) is 45.2 Å². The van der Waals surface area contributed by atoms with E-state index in [0.717, 1.165) is 55.0 Å². The quantitative estimate of drug-likeness (QED) is 0.686. The molecule has 0 atom stereocenters. The lowest BCUT2D eigenvalue weighted by molar-refractivity contribution is -0.121. The Morgan fingerprint density at radius 3 is 2.48 bits per heavy atom. The number of benzene rings is 2. The van der Waals surface area contributed by atoms with E-state index in [1.807, 2.05) is 54.7 Å². The number of nitrogens with one attached hydrogen (secondary N) is 1. The average Bonchev–Trinajstić information content (AvgIpc) is 2.75. The van der Waals surface area contributed by atoms with Crippen LogP contribution < -0.4 is 5.32 Å². The molecule has 1 amide bonds. The van der Waals surface area contributed by atoms with Crippen LogP contribution in [-0.2, 0) is 11.3 Å². The molecule has 4 rings (SSSR count). The van der Waals surface area contributed by atoms with Crippen LogP contribution in [0.2, 0.25) is 0 Å². The zero-order valence-electron chi connectivity index (χ0n) is 16.2. The van der Waals surface area contributed by atoms with Gasteiger partial charge in [0, 0.05) is 24.3 Å². The molecule has 0 spiro atoms. The molecule has 0 bridgehead atoms. The van der Waals surface area contributed by atoms with Crippen molar-refractivity contribution < 1.29 is 9.18 Å². The number of carbonyl (C=O) groups excluding carboxylic acids is 1. The lowest BCUT2D eigenvalue weighted by Gasteiger charge is -2.31. The first-order valence-electron chi connectivity index (χ1n) is 9.96. The molecule has 1 aliphatic rings. The molecule has 148 valence electrons. The van der Waals surface area contributed by atoms with Crippen LogP contribution in [0.4, 0.5) is 10.1 Å². The maximum atomic E-state index is 13.5. The summed E-state index contributed by atoms with van der Waals surface area (Å²) in [4.78, 5) is 19.5. The van der Waals surface area contributed by atoms with E-state index in [4.69, 9.17) is 0 Å². The Labute approximate surface area is 170 Å². The van der Waals surface area contributed by atoms with Crippen LogP contribution in [0.1, 0.15) is 18.5 Å². The largest absolute Gasteiger partial charge is 0.326 e. The second kappa shape index (κ2) is 8.97. The number of likely N-dealkylation sites (tertiary alicyclic amines) is 1. The molecule has 3 aromatic rings. The summed E-state index contributed by atoms with van der Waals surface area (Å²) in [5, 5.41) is 3.04. The first kappa shape index (κ1) is 19.3. The predicted molar refractivity (Wildman–Crippen MR) is 113 cm³/mol. The molecule has 5 heteroatoms. The van der Waals surface area contributed by atoms with Gasteiger partial charge in [-0.2, -0.15) is 0 Å². The third-order valence-electron chi connectivity index (χ3n) is 5.36. The number of hydrogen-bond acceptors (Lipinski definition) is 3. The minimum atomic E-state index is -0.269. The number of pyridine rings is 1. The zero-order chi connectivity index (χ0) is 20.1. The van der Waals surface area contributed by atoms with E-state index in [1.54, 1.807) is 6.07 Å². The van der Waals surface area contributed by atoms with Crippen molar-refractivity contribution in [2.24, 2.45) is 5.92 Å². The molecule has 2 aromatic carbocycles. The van der Waals surface area contributed by atoms with Crippen LogP contribution in [0.25, 0.3) is 11.1 Å². The lowest BCUT2D eigenvalue weighted by atomic mass is 9.95. The Bertz CT molecular complexity index is 969. The van der Waals surface area contributed by atoms with Crippen molar-refractivity contribution in [3.05, 3.63) is 84.4 Å². The van der Waals surface area contributed by atoms with Crippen LogP contribution in [0.5, 0.6) is 0 Å². The summed E-state index contributed by atoms with van der Waals surface area (Å²) in [5.41, 5.74) is 3.48. The van der Waals surface area contributed by atoms with Gasteiger partial charge in [0.1, 0.15) is 5.82 Å². The van der Waals surface area contributed by atoms with Crippen molar-refractivity contribution in [2.75, 3.05) is 18.4 Å². The third-order valence-corrected chi connectivity index (χ3v) is 5.36. The second-order valence-electron chi connectivity index (χ2n) is 7.45. The zero-order valence-corrected chi connectivity index (χ0v) is 16.2. The molecule has 4 nitrogen and oxygen atoms in total. The highest BCUT2D eigenvalue weighted by Crippen LogP contribution is 2.25. The van der Waals surface area contributed by atoms with E-state index in [0.29, 0.717) is 0 Å². The Hall–Kier alpha value is -3.05. The number of aromatic nitrogens is 1. The van der Waals surface area contributed by atoms with Crippen LogP contribution >= 0.6 is 0 Å². The van der Waals surface area contributed by atoms with Gasteiger partial charge in [0.2, 0.25) is 5.91 Å². The fourth-order valence-electron chi connectivity index (χ4n) is 3.76. The first-order chi connectivity index (χ1) is 14.2. The molecule has 1 fully saturated rings. The number of carbonyl (C=O) groups is 1. The van der Waals surface area contributed by atoms with Crippen molar-refractivity contribution in [3.63, 3.8) is 0 Å². The molecular weight excluding hydrogens is 365 g/mol. The van der Waals surface area contributed by atoms with Gasteiger partial charge < -0.3 is 5.32 Å². The van der Waals surface area contributed by atoms with Gasteiger partial charge in [-0.1, -0.05) is 30.3 Å². The summed E-state index contributed by atoms with van der Waals surface area (Å²) >= 11 is 0. The van der Waals surface area contributed by atoms with Gasteiger partial charge in [0.15, 0.2) is 0 Å². The maximum absolute atomic E-state index is 13.5. The predicted octanol–water partition coefficient (Wildman–Crippen LogP) is 4.74. The van der Waals surface area contributed by atoms with Gasteiger partial charge in [0.25, 0.3) is 0 Å². The van der Waals surface area contributed by atoms with Crippen LogP contribution in [0.3, 0.4) is 0 Å². The summed E-state index contributed by atoms with van der Waals surface area (Å²) in [6, 6.07) is 20.0. The summed E-state index contributed by atoms with van der Waals surface area (Å²) in [6.45, 7) is 2.60. The Balaban J connectivity index is 1.34. The number of nitrogens with zero attached hydrogens (tertiary/aromatic N) is 2. The number of hydrogen-bond donors (Lipinski definition) is 1. The highest BCUT2D eigenvalue weighted by Gasteiger charge is 2.25. The highest BCUT2D eigenvalue weighted by molar-refractivity contribution is 5.93. The van der Waals surface area contributed by atoms with Crippen molar-refractivity contribution in [3.8, 4) is 11.1 Å².